The van der Waals surface area contributed by atoms with Gasteiger partial charge in [0.2, 0.25) is 0 Å². The number of ether oxygens (including phenoxy) is 4. The number of rotatable bonds is 8. The Hall–Kier alpha value is -3.07. The van der Waals surface area contributed by atoms with Gasteiger partial charge in [-0.05, 0) is 25.7 Å². The maximum atomic E-state index is 13.1. The van der Waals surface area contributed by atoms with E-state index in [4.69, 9.17) is 30.4 Å². The van der Waals surface area contributed by atoms with E-state index in [9.17, 15) is 45.0 Å². The maximum Gasteiger partial charge on any atom is 0.315 e. The Kier molecular flexibility index (Phi) is 21.0. The van der Waals surface area contributed by atoms with Crippen LogP contribution in [0.4, 0.5) is 4.79 Å². The predicted molar refractivity (Wildman–Crippen MR) is 209 cm³/mol. The average molecular weight is 811 g/mol. The number of carbonyl (C=O) groups excluding carboxylic acids is 3. The summed E-state index contributed by atoms with van der Waals surface area (Å²) in [7, 11) is 0. The summed E-state index contributed by atoms with van der Waals surface area (Å²) in [5.41, 5.74) is 11.5. The molecular formula is C40H66N4O13. The van der Waals surface area contributed by atoms with E-state index in [1.54, 1.807) is 43.4 Å². The Bertz CT molecular complexity index is 1360. The van der Waals surface area contributed by atoms with Gasteiger partial charge in [-0.25, -0.2) is 4.79 Å². The van der Waals surface area contributed by atoms with Gasteiger partial charge in [0.25, 0.3) is 0 Å². The Morgan fingerprint density at radius 2 is 1.72 bits per heavy atom. The number of esters is 1. The minimum atomic E-state index is -2.08. The second-order valence-corrected chi connectivity index (χ2v) is 15.1. The molecule has 324 valence electrons. The van der Waals surface area contributed by atoms with Crippen molar-refractivity contribution in [2.75, 3.05) is 19.7 Å². The van der Waals surface area contributed by atoms with Crippen LogP contribution in [0.1, 0.15) is 84.5 Å². The fourth-order valence-electron chi connectivity index (χ4n) is 7.15. The molecule has 17 nitrogen and oxygen atoms in total. The number of ketones is 1. The number of cyclic esters (lactones) is 1. The second kappa shape index (κ2) is 24.8. The minimum absolute atomic E-state index is 0.000386. The van der Waals surface area contributed by atoms with Crippen molar-refractivity contribution in [3.8, 4) is 0 Å². The van der Waals surface area contributed by atoms with Crippen molar-refractivity contribution in [1.29, 1.82) is 0 Å². The molecular weight excluding hydrogens is 744 g/mol. The number of fused-ring (bicyclic) bond motifs is 2. The number of allylic oxidation sites excluding steroid dienone is 6. The number of aliphatic hydroxyl groups is 6. The summed E-state index contributed by atoms with van der Waals surface area (Å²) < 4.78 is 23.6. The molecule has 2 amide bonds. The number of urea groups is 1. The number of nitrogens with two attached hydrogens (primary N) is 2. The lowest BCUT2D eigenvalue weighted by atomic mass is 9.87. The first-order valence-corrected chi connectivity index (χ1v) is 20.2. The summed E-state index contributed by atoms with van der Waals surface area (Å²) in [6.07, 6.45) is 5.21. The summed E-state index contributed by atoms with van der Waals surface area (Å²) in [5, 5.41) is 71.0. The highest BCUT2D eigenvalue weighted by atomic mass is 16.7. The molecule has 12 N–H and O–H groups in total. The molecule has 3 aliphatic heterocycles. The molecule has 13 atom stereocenters. The third kappa shape index (κ3) is 16.2. The SMILES string of the molecule is CCCC1C/C=C/C=C/C=C/C=C/[C@H](O[C@@H]2OC[C@@H](O)[C@H](N)[C@@H]2O)C[C@@H]2O[C@](O)(C[C@@H](O)CCCC(=O)C[C@@H](O)C(CC)C(=O)O1)C[C@H](O)[C@H]2NC(=O)NCCN. The van der Waals surface area contributed by atoms with Crippen LogP contribution in [0.2, 0.25) is 0 Å². The van der Waals surface area contributed by atoms with Gasteiger partial charge < -0.3 is 71.7 Å². The lowest BCUT2D eigenvalue weighted by Gasteiger charge is -2.46. The van der Waals surface area contributed by atoms with Gasteiger partial charge >= 0.3 is 12.0 Å². The maximum absolute atomic E-state index is 13.1. The van der Waals surface area contributed by atoms with Gasteiger partial charge in [0.1, 0.15) is 18.0 Å². The summed E-state index contributed by atoms with van der Waals surface area (Å²) in [4.78, 5) is 38.7. The summed E-state index contributed by atoms with van der Waals surface area (Å²) >= 11 is 0. The molecule has 0 spiro atoms. The lowest BCUT2D eigenvalue weighted by molar-refractivity contribution is -0.298. The number of nitrogens with one attached hydrogen (secondary N) is 2. The first kappa shape index (κ1) is 48.3. The van der Waals surface area contributed by atoms with Gasteiger partial charge in [-0.2, -0.15) is 0 Å². The van der Waals surface area contributed by atoms with Crippen molar-refractivity contribution >= 4 is 17.8 Å². The molecule has 2 unspecified atom stereocenters. The van der Waals surface area contributed by atoms with Crippen LogP contribution in [0, 0.1) is 5.92 Å². The van der Waals surface area contributed by atoms with Gasteiger partial charge in [-0.15, -0.1) is 0 Å². The van der Waals surface area contributed by atoms with E-state index in [-0.39, 0.29) is 76.8 Å². The smallest absolute Gasteiger partial charge is 0.315 e. The topological polar surface area (TPSA) is 286 Å². The molecule has 2 fully saturated rings. The van der Waals surface area contributed by atoms with Crippen LogP contribution >= 0.6 is 0 Å². The van der Waals surface area contributed by atoms with Crippen molar-refractivity contribution < 1.29 is 64.0 Å². The zero-order valence-corrected chi connectivity index (χ0v) is 33.1. The zero-order chi connectivity index (χ0) is 42.0. The Labute approximate surface area is 335 Å². The quantitative estimate of drug-likeness (QED) is 0.147. The van der Waals surface area contributed by atoms with Gasteiger partial charge in [-0.3, -0.25) is 9.59 Å². The number of carbonyl (C=O) groups is 3. The molecule has 0 saturated carbocycles. The Morgan fingerprint density at radius 3 is 2.42 bits per heavy atom. The van der Waals surface area contributed by atoms with Gasteiger partial charge in [0, 0.05) is 51.6 Å². The van der Waals surface area contributed by atoms with E-state index >= 15 is 0 Å². The molecule has 0 aliphatic carbocycles. The molecule has 17 heteroatoms. The van der Waals surface area contributed by atoms with Crippen molar-refractivity contribution in [2.45, 2.75) is 157 Å². The molecule has 57 heavy (non-hydrogen) atoms. The first-order valence-electron chi connectivity index (χ1n) is 20.2. The lowest BCUT2D eigenvalue weighted by Crippen LogP contribution is -2.63. The third-order valence-corrected chi connectivity index (χ3v) is 10.3. The van der Waals surface area contributed by atoms with Crippen LogP contribution in [0.25, 0.3) is 0 Å². The third-order valence-electron chi connectivity index (χ3n) is 10.3. The number of aliphatic hydroxyl groups excluding tert-OH is 5. The van der Waals surface area contributed by atoms with E-state index in [0.29, 0.717) is 12.8 Å². The normalized spacial score (nSPS) is 39.3. The molecule has 0 radical (unpaired) electrons. The second-order valence-electron chi connectivity index (χ2n) is 15.1. The molecule has 0 aromatic carbocycles. The highest BCUT2D eigenvalue weighted by molar-refractivity contribution is 5.80. The monoisotopic (exact) mass is 810 g/mol. The van der Waals surface area contributed by atoms with E-state index in [1.807, 2.05) is 19.1 Å². The summed E-state index contributed by atoms with van der Waals surface area (Å²) in [5.74, 6) is -3.82. The predicted octanol–water partition coefficient (Wildman–Crippen LogP) is 0.240. The average Bonchev–Trinajstić information content (AvgIpc) is 3.14. The van der Waals surface area contributed by atoms with Crippen LogP contribution < -0.4 is 22.1 Å². The van der Waals surface area contributed by atoms with E-state index in [2.05, 4.69) is 10.6 Å². The summed E-state index contributed by atoms with van der Waals surface area (Å²) in [6.45, 7) is 3.84. The van der Waals surface area contributed by atoms with E-state index in [1.165, 1.54) is 0 Å². The van der Waals surface area contributed by atoms with Crippen molar-refractivity contribution in [3.05, 3.63) is 48.6 Å². The first-order chi connectivity index (χ1) is 27.2. The van der Waals surface area contributed by atoms with Crippen molar-refractivity contribution in [1.82, 2.24) is 10.6 Å². The molecule has 0 aromatic rings. The van der Waals surface area contributed by atoms with Crippen LogP contribution in [0.15, 0.2) is 48.6 Å². The van der Waals surface area contributed by atoms with Crippen LogP contribution in [0.3, 0.4) is 0 Å². The highest BCUT2D eigenvalue weighted by Gasteiger charge is 2.48. The van der Waals surface area contributed by atoms with Gasteiger partial charge in [0.15, 0.2) is 12.1 Å². The number of hydrogen-bond donors (Lipinski definition) is 10. The molecule has 3 aliphatic rings. The molecule has 3 heterocycles. The fraction of sp³-hybridized carbons (Fsp3) is 0.725. The van der Waals surface area contributed by atoms with E-state index < -0.39 is 90.9 Å². The Morgan fingerprint density at radius 1 is 1.00 bits per heavy atom. The van der Waals surface area contributed by atoms with E-state index in [0.717, 1.165) is 6.42 Å². The Balaban J connectivity index is 1.93. The minimum Gasteiger partial charge on any atom is -0.462 e. The van der Waals surface area contributed by atoms with Crippen molar-refractivity contribution in [2.24, 2.45) is 17.4 Å². The van der Waals surface area contributed by atoms with Crippen LogP contribution in [-0.2, 0) is 28.5 Å². The van der Waals surface area contributed by atoms with Gasteiger partial charge in [-0.1, -0.05) is 68.9 Å². The van der Waals surface area contributed by atoms with Crippen LogP contribution in [0.5, 0.6) is 0 Å². The zero-order valence-electron chi connectivity index (χ0n) is 33.1. The molecule has 0 aromatic heterocycles. The fourth-order valence-corrected chi connectivity index (χ4v) is 7.15. The van der Waals surface area contributed by atoms with Gasteiger partial charge in [0.05, 0.1) is 61.2 Å². The highest BCUT2D eigenvalue weighted by Crippen LogP contribution is 2.35. The van der Waals surface area contributed by atoms with Crippen molar-refractivity contribution in [3.63, 3.8) is 0 Å². The number of Topliss-reactive ketones (excluding diaryl/α,β-unsaturated/α-hetero) is 1. The molecule has 2 bridgehead atoms. The largest absolute Gasteiger partial charge is 0.462 e. The summed E-state index contributed by atoms with van der Waals surface area (Å²) in [6, 6.07) is -2.79. The molecule has 3 rings (SSSR count). The number of hydrogen-bond acceptors (Lipinski definition) is 15. The van der Waals surface area contributed by atoms with Crippen LogP contribution in [-0.4, -0.2) is 141 Å². The molecule has 2 saturated heterocycles. The number of amides is 2. The standard InChI is InChI=1S/C40H66N4O13/c1-3-13-27-16-10-8-6-5-7-9-11-17-28(56-38-36(50)34(42)32(49)24-54-38)21-33-35(44-39(52)43-19-18-41)31(48)23-40(53,57-33)22-26(46)15-12-14-25(45)20-30(47)29(4-2)37(51)55-27/h5-11,17,26-36,38,46-50,53H,3-4,12-16,18-24,41-42H2,1-2H3,(H2,43,44,52)/b6-5+,9-7+,10-8+,17-11+/t26-,27?,28-,29?,30+,31-,32+,33-,34-,35+,36-,38-,40+/m0/s1.